The number of thioether (sulfide) groups is 1. The Labute approximate surface area is 103 Å². The van der Waals surface area contributed by atoms with Crippen LogP contribution in [0.5, 0.6) is 0 Å². The van der Waals surface area contributed by atoms with E-state index in [1.807, 2.05) is 18.2 Å². The van der Waals surface area contributed by atoms with E-state index in [0.29, 0.717) is 10.7 Å². The number of nitrogen functional groups attached to an aromatic ring is 1. The molecule has 0 bridgehead atoms. The Morgan fingerprint density at radius 1 is 1.24 bits per heavy atom. The monoisotopic (exact) mass is 246 g/mol. The lowest BCUT2D eigenvalue weighted by atomic mass is 10.2. The van der Waals surface area contributed by atoms with Crippen LogP contribution in [0.15, 0.2) is 41.8 Å². The maximum absolute atomic E-state index is 11.8. The highest BCUT2D eigenvalue weighted by Crippen LogP contribution is 2.14. The first-order valence-electron chi connectivity index (χ1n) is 4.91. The average molecular weight is 246 g/mol. The molecule has 0 amide bonds. The summed E-state index contributed by atoms with van der Waals surface area (Å²) in [5.41, 5.74) is 6.10. The Kier molecular flexibility index (Phi) is 3.66. The standard InChI is InChI=1S/C11H10N4OS/c12-10-13-7-14-11(15-10)17-6-9(16)8-4-2-1-3-5-8/h1-5,7H,6H2,(H2,12,13,14,15). The number of hydrogen-bond acceptors (Lipinski definition) is 6. The molecule has 0 fully saturated rings. The minimum absolute atomic E-state index is 0.0367. The summed E-state index contributed by atoms with van der Waals surface area (Å²) in [5, 5.41) is 0.460. The molecule has 0 aliphatic rings. The molecule has 0 atom stereocenters. The quantitative estimate of drug-likeness (QED) is 0.649. The lowest BCUT2D eigenvalue weighted by Crippen LogP contribution is -2.04. The maximum Gasteiger partial charge on any atom is 0.223 e. The van der Waals surface area contributed by atoms with Crippen LogP contribution in [0.2, 0.25) is 0 Å². The molecule has 17 heavy (non-hydrogen) atoms. The van der Waals surface area contributed by atoms with Gasteiger partial charge in [0.05, 0.1) is 5.75 Å². The zero-order chi connectivity index (χ0) is 12.1. The predicted molar refractivity (Wildman–Crippen MR) is 65.7 cm³/mol. The minimum Gasteiger partial charge on any atom is -0.368 e. The number of carbonyl (C=O) groups is 1. The molecule has 0 aliphatic carbocycles. The number of carbonyl (C=O) groups excluding carboxylic acids is 1. The van der Waals surface area contributed by atoms with E-state index in [2.05, 4.69) is 15.0 Å². The van der Waals surface area contributed by atoms with E-state index in [1.165, 1.54) is 18.1 Å². The second kappa shape index (κ2) is 5.40. The summed E-state index contributed by atoms with van der Waals surface area (Å²) < 4.78 is 0. The van der Waals surface area contributed by atoms with Gasteiger partial charge in [0.25, 0.3) is 0 Å². The van der Waals surface area contributed by atoms with E-state index >= 15 is 0 Å². The van der Waals surface area contributed by atoms with Crippen molar-refractivity contribution in [3.8, 4) is 0 Å². The number of anilines is 1. The highest BCUT2D eigenvalue weighted by Gasteiger charge is 2.07. The molecule has 1 aromatic heterocycles. The molecule has 0 spiro atoms. The van der Waals surface area contributed by atoms with Crippen molar-refractivity contribution < 1.29 is 4.79 Å². The van der Waals surface area contributed by atoms with Crippen molar-refractivity contribution in [3.05, 3.63) is 42.2 Å². The van der Waals surface area contributed by atoms with Crippen molar-refractivity contribution in [2.24, 2.45) is 0 Å². The Morgan fingerprint density at radius 2 is 2.00 bits per heavy atom. The summed E-state index contributed by atoms with van der Waals surface area (Å²) in [5.74, 6) is 0.484. The van der Waals surface area contributed by atoms with Crippen LogP contribution in [0, 0.1) is 0 Å². The van der Waals surface area contributed by atoms with Gasteiger partial charge in [-0.15, -0.1) is 0 Å². The lowest BCUT2D eigenvalue weighted by Gasteiger charge is -2.00. The number of hydrogen-bond donors (Lipinski definition) is 1. The smallest absolute Gasteiger partial charge is 0.223 e. The maximum atomic E-state index is 11.8. The largest absolute Gasteiger partial charge is 0.368 e. The van der Waals surface area contributed by atoms with Gasteiger partial charge in [0, 0.05) is 5.56 Å². The van der Waals surface area contributed by atoms with Crippen molar-refractivity contribution in [3.63, 3.8) is 0 Å². The normalized spacial score (nSPS) is 10.1. The van der Waals surface area contributed by atoms with Gasteiger partial charge in [0.15, 0.2) is 10.9 Å². The van der Waals surface area contributed by atoms with Gasteiger partial charge in [-0.3, -0.25) is 4.79 Å². The summed E-state index contributed by atoms with van der Waals surface area (Å²) >= 11 is 1.25. The second-order valence-corrected chi connectivity index (χ2v) is 4.15. The first-order valence-corrected chi connectivity index (χ1v) is 5.90. The van der Waals surface area contributed by atoms with Crippen molar-refractivity contribution >= 4 is 23.5 Å². The van der Waals surface area contributed by atoms with E-state index in [-0.39, 0.29) is 17.5 Å². The molecule has 1 aromatic carbocycles. The molecular weight excluding hydrogens is 236 g/mol. The third-order valence-corrected chi connectivity index (χ3v) is 2.86. The van der Waals surface area contributed by atoms with E-state index in [4.69, 9.17) is 5.73 Å². The highest BCUT2D eigenvalue weighted by molar-refractivity contribution is 7.99. The fourth-order valence-electron chi connectivity index (χ4n) is 1.20. The Bertz CT molecular complexity index is 518. The lowest BCUT2D eigenvalue weighted by molar-refractivity contribution is 0.102. The highest BCUT2D eigenvalue weighted by atomic mass is 32.2. The number of nitrogens with zero attached hydrogens (tertiary/aromatic N) is 3. The molecule has 0 saturated carbocycles. The second-order valence-electron chi connectivity index (χ2n) is 3.20. The van der Waals surface area contributed by atoms with E-state index in [0.717, 1.165) is 0 Å². The van der Waals surface area contributed by atoms with Crippen LogP contribution >= 0.6 is 11.8 Å². The number of benzene rings is 1. The van der Waals surface area contributed by atoms with Crippen LogP contribution in [-0.4, -0.2) is 26.5 Å². The molecule has 0 saturated heterocycles. The van der Waals surface area contributed by atoms with Gasteiger partial charge in [-0.05, 0) is 0 Å². The van der Waals surface area contributed by atoms with Crippen LogP contribution in [0.1, 0.15) is 10.4 Å². The Morgan fingerprint density at radius 3 is 2.71 bits per heavy atom. The van der Waals surface area contributed by atoms with E-state index in [9.17, 15) is 4.79 Å². The van der Waals surface area contributed by atoms with Gasteiger partial charge in [0.1, 0.15) is 6.33 Å². The third kappa shape index (κ3) is 3.25. The molecule has 2 aromatic rings. The molecule has 5 nitrogen and oxygen atoms in total. The zero-order valence-electron chi connectivity index (χ0n) is 8.91. The van der Waals surface area contributed by atoms with Gasteiger partial charge in [-0.1, -0.05) is 42.1 Å². The minimum atomic E-state index is 0.0367. The predicted octanol–water partition coefficient (Wildman–Crippen LogP) is 1.43. The van der Waals surface area contributed by atoms with E-state index in [1.54, 1.807) is 12.1 Å². The Hall–Kier alpha value is -1.95. The van der Waals surface area contributed by atoms with Gasteiger partial charge >= 0.3 is 0 Å². The molecule has 0 aliphatic heterocycles. The SMILES string of the molecule is Nc1ncnc(SCC(=O)c2ccccc2)n1. The topological polar surface area (TPSA) is 81.8 Å². The van der Waals surface area contributed by atoms with Crippen molar-refractivity contribution in [1.82, 2.24) is 15.0 Å². The number of rotatable bonds is 4. The first kappa shape index (κ1) is 11.5. The van der Waals surface area contributed by atoms with Crippen molar-refractivity contribution in [1.29, 1.82) is 0 Å². The summed E-state index contributed by atoms with van der Waals surface area (Å²) in [6.07, 6.45) is 1.33. The molecule has 2 rings (SSSR count). The van der Waals surface area contributed by atoms with Gasteiger partial charge < -0.3 is 5.73 Å². The van der Waals surface area contributed by atoms with Crippen molar-refractivity contribution in [2.75, 3.05) is 11.5 Å². The molecule has 2 N–H and O–H groups in total. The van der Waals surface area contributed by atoms with Crippen LogP contribution in [0.4, 0.5) is 5.95 Å². The van der Waals surface area contributed by atoms with Crippen LogP contribution in [0.25, 0.3) is 0 Å². The fourth-order valence-corrected chi connectivity index (χ4v) is 1.91. The van der Waals surface area contributed by atoms with Crippen LogP contribution in [-0.2, 0) is 0 Å². The molecule has 6 heteroatoms. The van der Waals surface area contributed by atoms with E-state index < -0.39 is 0 Å². The van der Waals surface area contributed by atoms with Crippen molar-refractivity contribution in [2.45, 2.75) is 5.16 Å². The molecule has 1 heterocycles. The Balaban J connectivity index is 1.97. The summed E-state index contributed by atoms with van der Waals surface area (Å²) in [4.78, 5) is 23.3. The fraction of sp³-hybridized carbons (Fsp3) is 0.0909. The summed E-state index contributed by atoms with van der Waals surface area (Å²) in [7, 11) is 0. The molecule has 0 radical (unpaired) electrons. The number of aromatic nitrogens is 3. The average Bonchev–Trinajstić information content (AvgIpc) is 2.37. The molecule has 86 valence electrons. The van der Waals surface area contributed by atoms with Gasteiger partial charge in [-0.25, -0.2) is 9.97 Å². The first-order chi connectivity index (χ1) is 8.25. The molecule has 0 unspecified atom stereocenters. The zero-order valence-corrected chi connectivity index (χ0v) is 9.72. The van der Waals surface area contributed by atoms with Crippen LogP contribution in [0.3, 0.4) is 0 Å². The number of Topliss-reactive ketones (excluding diaryl/α,β-unsaturated/α-hetero) is 1. The number of nitrogens with two attached hydrogens (primary N) is 1. The third-order valence-electron chi connectivity index (χ3n) is 2.00. The summed E-state index contributed by atoms with van der Waals surface area (Å²) in [6.45, 7) is 0. The van der Waals surface area contributed by atoms with Crippen LogP contribution < -0.4 is 5.73 Å². The van der Waals surface area contributed by atoms with Gasteiger partial charge in [-0.2, -0.15) is 4.98 Å². The van der Waals surface area contributed by atoms with Gasteiger partial charge in [0.2, 0.25) is 5.95 Å². The molecular formula is C11H10N4OS. The number of ketones is 1. The summed E-state index contributed by atoms with van der Waals surface area (Å²) in [6, 6.07) is 9.10.